The summed E-state index contributed by atoms with van der Waals surface area (Å²) >= 11 is 0. The molecule has 1 heterocycles. The van der Waals surface area contributed by atoms with Gasteiger partial charge in [-0.1, -0.05) is 13.0 Å². The molecule has 1 aromatic rings. The van der Waals surface area contributed by atoms with Crippen LogP contribution in [0.5, 0.6) is 0 Å². The standard InChI is InChI=1S/C13H19N3O3S/c1-10-4-3-7-16(9-10)13(17)15-11-5-2-6-12(8-11)20(14,18)19/h2,5-6,8,10H,3-4,7,9H2,1H3,(H,15,17)(H2,14,18,19)/t10-/m0/s1. The molecule has 2 amide bonds. The first-order valence-corrected chi connectivity index (χ1v) is 8.09. The highest BCUT2D eigenvalue weighted by molar-refractivity contribution is 7.89. The normalized spacial score (nSPS) is 19.7. The Morgan fingerprint density at radius 3 is 2.85 bits per heavy atom. The molecule has 0 unspecified atom stereocenters. The molecule has 1 saturated heterocycles. The summed E-state index contributed by atoms with van der Waals surface area (Å²) < 4.78 is 22.5. The van der Waals surface area contributed by atoms with Gasteiger partial charge >= 0.3 is 6.03 Å². The van der Waals surface area contributed by atoms with Gasteiger partial charge in [-0.25, -0.2) is 18.4 Å². The van der Waals surface area contributed by atoms with Crippen molar-refractivity contribution in [3.05, 3.63) is 24.3 Å². The molecule has 0 radical (unpaired) electrons. The van der Waals surface area contributed by atoms with E-state index in [0.29, 0.717) is 11.6 Å². The van der Waals surface area contributed by atoms with Crippen molar-refractivity contribution >= 4 is 21.7 Å². The second-order valence-electron chi connectivity index (χ2n) is 5.20. The Hall–Kier alpha value is -1.60. The fourth-order valence-corrected chi connectivity index (χ4v) is 2.89. The zero-order valence-electron chi connectivity index (χ0n) is 11.4. The highest BCUT2D eigenvalue weighted by Gasteiger charge is 2.21. The number of piperidine rings is 1. The number of nitrogens with zero attached hydrogens (tertiary/aromatic N) is 1. The Labute approximate surface area is 119 Å². The lowest BCUT2D eigenvalue weighted by Gasteiger charge is -2.30. The van der Waals surface area contributed by atoms with E-state index in [1.54, 1.807) is 17.0 Å². The van der Waals surface area contributed by atoms with Crippen molar-refractivity contribution in [2.24, 2.45) is 11.1 Å². The van der Waals surface area contributed by atoms with E-state index in [4.69, 9.17) is 5.14 Å². The number of hydrogen-bond acceptors (Lipinski definition) is 3. The number of urea groups is 1. The SMILES string of the molecule is C[C@H]1CCCN(C(=O)Nc2cccc(S(N)(=O)=O)c2)C1. The number of primary sulfonamides is 1. The molecule has 0 saturated carbocycles. The smallest absolute Gasteiger partial charge is 0.321 e. The fourth-order valence-electron chi connectivity index (χ4n) is 2.33. The third-order valence-corrected chi connectivity index (χ3v) is 4.27. The van der Waals surface area contributed by atoms with E-state index in [0.717, 1.165) is 25.9 Å². The van der Waals surface area contributed by atoms with E-state index in [1.165, 1.54) is 12.1 Å². The Kier molecular flexibility index (Phi) is 4.29. The summed E-state index contributed by atoms with van der Waals surface area (Å²) in [6.07, 6.45) is 2.12. The third-order valence-electron chi connectivity index (χ3n) is 3.36. The maximum atomic E-state index is 12.1. The molecule has 0 spiro atoms. The minimum absolute atomic E-state index is 0.0117. The number of sulfonamides is 1. The van der Waals surface area contributed by atoms with E-state index in [2.05, 4.69) is 12.2 Å². The Morgan fingerprint density at radius 2 is 2.20 bits per heavy atom. The molecule has 7 heteroatoms. The molecule has 110 valence electrons. The molecule has 0 aromatic heterocycles. The Morgan fingerprint density at radius 1 is 1.45 bits per heavy atom. The van der Waals surface area contributed by atoms with Gasteiger partial charge in [0.1, 0.15) is 0 Å². The summed E-state index contributed by atoms with van der Waals surface area (Å²) in [6.45, 7) is 3.56. The van der Waals surface area contributed by atoms with Gasteiger partial charge in [-0.05, 0) is 37.0 Å². The monoisotopic (exact) mass is 297 g/mol. The number of hydrogen-bond donors (Lipinski definition) is 2. The van der Waals surface area contributed by atoms with Gasteiger partial charge in [-0.3, -0.25) is 0 Å². The van der Waals surface area contributed by atoms with Crippen molar-refractivity contribution in [2.45, 2.75) is 24.7 Å². The van der Waals surface area contributed by atoms with Crippen LogP contribution in [0.4, 0.5) is 10.5 Å². The molecule has 1 aromatic carbocycles. The summed E-state index contributed by atoms with van der Waals surface area (Å²) in [6, 6.07) is 5.74. The van der Waals surface area contributed by atoms with E-state index in [1.807, 2.05) is 0 Å². The molecule has 1 aliphatic rings. The van der Waals surface area contributed by atoms with Crippen molar-refractivity contribution in [3.63, 3.8) is 0 Å². The Bertz CT molecular complexity index is 601. The second-order valence-corrected chi connectivity index (χ2v) is 6.76. The molecule has 2 rings (SSSR count). The molecule has 1 atom stereocenters. The van der Waals surface area contributed by atoms with E-state index >= 15 is 0 Å². The minimum Gasteiger partial charge on any atom is -0.324 e. The van der Waals surface area contributed by atoms with Crippen molar-refractivity contribution in [2.75, 3.05) is 18.4 Å². The van der Waals surface area contributed by atoms with Crippen LogP contribution in [-0.2, 0) is 10.0 Å². The van der Waals surface area contributed by atoms with Crippen molar-refractivity contribution in [1.29, 1.82) is 0 Å². The van der Waals surface area contributed by atoms with Crippen LogP contribution in [0.15, 0.2) is 29.2 Å². The van der Waals surface area contributed by atoms with Crippen molar-refractivity contribution in [1.82, 2.24) is 4.90 Å². The van der Waals surface area contributed by atoms with Crippen LogP contribution in [0, 0.1) is 5.92 Å². The van der Waals surface area contributed by atoms with Gasteiger partial charge in [-0.2, -0.15) is 0 Å². The lowest BCUT2D eigenvalue weighted by atomic mass is 10.0. The van der Waals surface area contributed by atoms with Crippen LogP contribution in [-0.4, -0.2) is 32.4 Å². The summed E-state index contributed by atoms with van der Waals surface area (Å²) in [5.41, 5.74) is 0.430. The average Bonchev–Trinajstić information content (AvgIpc) is 2.38. The molecule has 0 bridgehead atoms. The van der Waals surface area contributed by atoms with Crippen LogP contribution < -0.4 is 10.5 Å². The number of anilines is 1. The molecular weight excluding hydrogens is 278 g/mol. The largest absolute Gasteiger partial charge is 0.324 e. The number of nitrogens with one attached hydrogen (secondary N) is 1. The number of benzene rings is 1. The molecule has 1 aliphatic heterocycles. The van der Waals surface area contributed by atoms with E-state index in [-0.39, 0.29) is 10.9 Å². The number of amides is 2. The topological polar surface area (TPSA) is 92.5 Å². The average molecular weight is 297 g/mol. The number of nitrogens with two attached hydrogens (primary N) is 1. The van der Waals surface area contributed by atoms with Gasteiger partial charge in [0.05, 0.1) is 4.90 Å². The predicted octanol–water partition coefficient (Wildman–Crippen LogP) is 1.60. The molecule has 6 nitrogen and oxygen atoms in total. The number of rotatable bonds is 2. The molecule has 0 aliphatic carbocycles. The summed E-state index contributed by atoms with van der Waals surface area (Å²) in [4.78, 5) is 13.8. The summed E-state index contributed by atoms with van der Waals surface area (Å²) in [5.74, 6) is 0.491. The van der Waals surface area contributed by atoms with Crippen LogP contribution in [0.3, 0.4) is 0 Å². The highest BCUT2D eigenvalue weighted by Crippen LogP contribution is 2.18. The number of carbonyl (C=O) groups excluding carboxylic acids is 1. The van der Waals surface area contributed by atoms with Crippen LogP contribution in [0.1, 0.15) is 19.8 Å². The maximum absolute atomic E-state index is 12.1. The Balaban J connectivity index is 2.08. The van der Waals surface area contributed by atoms with Gasteiger partial charge in [0.15, 0.2) is 0 Å². The van der Waals surface area contributed by atoms with Crippen LogP contribution in [0.2, 0.25) is 0 Å². The highest BCUT2D eigenvalue weighted by atomic mass is 32.2. The van der Waals surface area contributed by atoms with Gasteiger partial charge in [-0.15, -0.1) is 0 Å². The zero-order chi connectivity index (χ0) is 14.8. The first-order chi connectivity index (χ1) is 9.36. The van der Waals surface area contributed by atoms with Crippen LogP contribution in [0.25, 0.3) is 0 Å². The quantitative estimate of drug-likeness (QED) is 0.868. The fraction of sp³-hybridized carbons (Fsp3) is 0.462. The third kappa shape index (κ3) is 3.71. The van der Waals surface area contributed by atoms with Gasteiger partial charge < -0.3 is 10.2 Å². The van der Waals surface area contributed by atoms with Crippen LogP contribution >= 0.6 is 0 Å². The maximum Gasteiger partial charge on any atom is 0.321 e. The van der Waals surface area contributed by atoms with E-state index < -0.39 is 10.0 Å². The molecule has 20 heavy (non-hydrogen) atoms. The molecule has 3 N–H and O–H groups in total. The van der Waals surface area contributed by atoms with Crippen molar-refractivity contribution < 1.29 is 13.2 Å². The zero-order valence-corrected chi connectivity index (χ0v) is 12.2. The predicted molar refractivity (Wildman–Crippen MR) is 76.8 cm³/mol. The van der Waals surface area contributed by atoms with Gasteiger partial charge in [0, 0.05) is 18.8 Å². The number of carbonyl (C=O) groups is 1. The lowest BCUT2D eigenvalue weighted by Crippen LogP contribution is -2.41. The van der Waals surface area contributed by atoms with Crippen molar-refractivity contribution in [3.8, 4) is 0 Å². The number of likely N-dealkylation sites (tertiary alicyclic amines) is 1. The minimum atomic E-state index is -3.76. The summed E-state index contributed by atoms with van der Waals surface area (Å²) in [7, 11) is -3.76. The first kappa shape index (κ1) is 14.8. The second kappa shape index (κ2) is 5.80. The molecular formula is C13H19N3O3S. The summed E-state index contributed by atoms with van der Waals surface area (Å²) in [5, 5.41) is 7.78. The van der Waals surface area contributed by atoms with E-state index in [9.17, 15) is 13.2 Å². The van der Waals surface area contributed by atoms with Gasteiger partial charge in [0.25, 0.3) is 0 Å². The lowest BCUT2D eigenvalue weighted by molar-refractivity contribution is 0.182. The molecule has 1 fully saturated rings. The van der Waals surface area contributed by atoms with Gasteiger partial charge in [0.2, 0.25) is 10.0 Å². The first-order valence-electron chi connectivity index (χ1n) is 6.55.